The maximum atomic E-state index is 3.81. The Morgan fingerprint density at radius 3 is 1.50 bits per heavy atom. The lowest BCUT2D eigenvalue weighted by Crippen LogP contribution is -2.11. The topological polar surface area (TPSA) is 4.93 Å². The van der Waals surface area contributed by atoms with E-state index >= 15 is 0 Å². The summed E-state index contributed by atoms with van der Waals surface area (Å²) in [6, 6.07) is 9.41. The van der Waals surface area contributed by atoms with Crippen LogP contribution in [0.15, 0.2) is 33.2 Å². The number of rotatable bonds is 15. The van der Waals surface area contributed by atoms with Crippen molar-refractivity contribution >= 4 is 98.8 Å². The van der Waals surface area contributed by atoms with Crippen LogP contribution in [0.4, 0.5) is 0 Å². The number of benzene rings is 2. The van der Waals surface area contributed by atoms with Gasteiger partial charge in [0.1, 0.15) is 0 Å². The van der Waals surface area contributed by atoms with Crippen molar-refractivity contribution in [2.45, 2.75) is 104 Å². The second-order valence-corrected chi connectivity index (χ2v) is 13.8. The van der Waals surface area contributed by atoms with Gasteiger partial charge in [0.2, 0.25) is 0 Å². The van der Waals surface area contributed by atoms with Crippen LogP contribution in [0.3, 0.4) is 0 Å². The molecule has 1 aromatic heterocycles. The molecule has 0 fully saturated rings. The quantitative estimate of drug-likeness (QED) is 0.106. The fourth-order valence-electron chi connectivity index (χ4n) is 5.11. The third kappa shape index (κ3) is 8.08. The minimum absolute atomic E-state index is 0.753. The van der Waals surface area contributed by atoms with Crippen LogP contribution in [0.5, 0.6) is 0 Å². The zero-order valence-electron chi connectivity index (χ0n) is 20.7. The number of unbranched alkanes of at least 4 members (excludes halogenated alkanes) is 9. The van der Waals surface area contributed by atoms with Crippen LogP contribution >= 0.6 is 77.0 Å². The van der Waals surface area contributed by atoms with Gasteiger partial charge in [-0.1, -0.05) is 84.5 Å². The number of hydrogen-bond donors (Lipinski definition) is 0. The minimum atomic E-state index is 0.753. The Bertz CT molecular complexity index is 994. The van der Waals surface area contributed by atoms with Gasteiger partial charge in [0.05, 0.1) is 11.0 Å². The molecule has 188 valence electrons. The average molecular weight is 815 g/mol. The van der Waals surface area contributed by atoms with Crippen LogP contribution < -0.4 is 0 Å². The lowest BCUT2D eigenvalue weighted by Gasteiger charge is -2.20. The molecular weight excluding hydrogens is 776 g/mol. The van der Waals surface area contributed by atoms with Crippen molar-refractivity contribution in [2.24, 2.45) is 5.92 Å². The summed E-state index contributed by atoms with van der Waals surface area (Å²) in [5.41, 5.74) is 2.74. The second-order valence-electron chi connectivity index (χ2n) is 9.80. The molecule has 0 aliphatic heterocycles. The van der Waals surface area contributed by atoms with Gasteiger partial charge in [-0.25, -0.2) is 0 Å². The number of nitrogens with zero attached hydrogens (tertiary/aromatic N) is 1. The Balaban J connectivity index is 1.86. The highest BCUT2D eigenvalue weighted by atomic mass is 127. The van der Waals surface area contributed by atoms with E-state index in [9.17, 15) is 0 Å². The van der Waals surface area contributed by atoms with Crippen LogP contribution in [0.1, 0.15) is 97.3 Å². The van der Waals surface area contributed by atoms with Crippen molar-refractivity contribution in [2.75, 3.05) is 0 Å². The zero-order valence-corrected chi connectivity index (χ0v) is 28.2. The highest BCUT2D eigenvalue weighted by Crippen LogP contribution is 2.38. The van der Waals surface area contributed by atoms with Gasteiger partial charge in [-0.05, 0) is 120 Å². The fourth-order valence-corrected chi connectivity index (χ4v) is 6.71. The van der Waals surface area contributed by atoms with E-state index in [2.05, 4.69) is 120 Å². The molecule has 5 heteroatoms. The fraction of sp³-hybridized carbons (Fsp3) is 0.586. The van der Waals surface area contributed by atoms with Gasteiger partial charge in [0.25, 0.3) is 0 Å². The Morgan fingerprint density at radius 1 is 0.647 bits per heavy atom. The molecule has 3 aromatic rings. The molecule has 2 aromatic carbocycles. The Labute approximate surface area is 251 Å². The smallest absolute Gasteiger partial charge is 0.0503 e. The molecule has 1 unspecified atom stereocenters. The van der Waals surface area contributed by atoms with Crippen LogP contribution in [0, 0.1) is 13.1 Å². The first-order chi connectivity index (χ1) is 16.5. The Morgan fingerprint density at radius 2 is 1.06 bits per heavy atom. The van der Waals surface area contributed by atoms with Crippen molar-refractivity contribution in [3.63, 3.8) is 0 Å². The Kier molecular flexibility index (Phi) is 13.0. The van der Waals surface area contributed by atoms with Crippen molar-refractivity contribution < 1.29 is 0 Å². The molecule has 1 atom stereocenters. The summed E-state index contributed by atoms with van der Waals surface area (Å²) in [7, 11) is 0. The number of fused-ring (bicyclic) bond motifs is 3. The molecule has 0 saturated carbocycles. The maximum Gasteiger partial charge on any atom is 0.0503 e. The van der Waals surface area contributed by atoms with E-state index in [0.29, 0.717) is 0 Å². The van der Waals surface area contributed by atoms with Gasteiger partial charge >= 0.3 is 0 Å². The molecule has 1 nitrogen and oxygen atoms in total. The Hall–Kier alpha value is 0.660. The van der Waals surface area contributed by atoms with E-state index in [1.807, 2.05) is 0 Å². The molecule has 0 amide bonds. The first kappa shape index (κ1) is 29.2. The van der Waals surface area contributed by atoms with Crippen LogP contribution in [-0.4, -0.2) is 4.57 Å². The molecule has 0 aliphatic rings. The first-order valence-electron chi connectivity index (χ1n) is 13.2. The lowest BCUT2D eigenvalue weighted by atomic mass is 9.94. The van der Waals surface area contributed by atoms with Crippen molar-refractivity contribution in [1.82, 2.24) is 4.57 Å². The summed E-state index contributed by atoms with van der Waals surface area (Å²) < 4.78 is 7.58. The SMILES string of the molecule is CCCCCCCCC(CCCCCCC)Cn1c2cc(Br)c(I)cc2c2cc(I)c(Br)cc21. The molecule has 0 N–H and O–H groups in total. The normalized spacial score (nSPS) is 12.8. The highest BCUT2D eigenvalue weighted by Gasteiger charge is 2.18. The van der Waals surface area contributed by atoms with Crippen LogP contribution in [0.2, 0.25) is 0 Å². The van der Waals surface area contributed by atoms with Gasteiger partial charge in [-0.15, -0.1) is 0 Å². The molecule has 3 rings (SSSR count). The van der Waals surface area contributed by atoms with E-state index in [0.717, 1.165) is 12.5 Å². The number of halogens is 4. The van der Waals surface area contributed by atoms with E-state index in [4.69, 9.17) is 0 Å². The number of hydrogen-bond acceptors (Lipinski definition) is 0. The van der Waals surface area contributed by atoms with Gasteiger partial charge in [0.15, 0.2) is 0 Å². The first-order valence-corrected chi connectivity index (χ1v) is 17.0. The minimum Gasteiger partial charge on any atom is -0.340 e. The maximum absolute atomic E-state index is 3.81. The van der Waals surface area contributed by atoms with Gasteiger partial charge in [-0.2, -0.15) is 0 Å². The predicted octanol–water partition coefficient (Wildman–Crippen LogP) is 12.3. The van der Waals surface area contributed by atoms with Crippen molar-refractivity contribution in [3.8, 4) is 0 Å². The molecule has 0 spiro atoms. The molecule has 0 saturated heterocycles. The monoisotopic (exact) mass is 813 g/mol. The number of aromatic nitrogens is 1. The second kappa shape index (κ2) is 15.2. The molecule has 0 bridgehead atoms. The third-order valence-electron chi connectivity index (χ3n) is 7.07. The molecule has 0 aliphatic carbocycles. The summed E-state index contributed by atoms with van der Waals surface area (Å²) >= 11 is 12.5. The lowest BCUT2D eigenvalue weighted by molar-refractivity contribution is 0.365. The summed E-state index contributed by atoms with van der Waals surface area (Å²) in [4.78, 5) is 0. The molecular formula is C29H39Br2I2N. The van der Waals surface area contributed by atoms with Crippen LogP contribution in [0.25, 0.3) is 21.8 Å². The zero-order chi connectivity index (χ0) is 24.5. The third-order valence-corrected chi connectivity index (χ3v) is 11.7. The van der Waals surface area contributed by atoms with E-state index < -0.39 is 0 Å². The average Bonchev–Trinajstić information content (AvgIpc) is 3.07. The summed E-state index contributed by atoms with van der Waals surface area (Å²) in [6.07, 6.45) is 17.9. The van der Waals surface area contributed by atoms with Crippen molar-refractivity contribution in [1.29, 1.82) is 0 Å². The van der Waals surface area contributed by atoms with Crippen LogP contribution in [-0.2, 0) is 6.54 Å². The standard InChI is InChI=1S/C29H39Br2I2N/c1-3-5-7-9-11-13-15-21(14-12-10-8-6-4-2)20-34-28-18-24(30)26(32)16-22(28)23-17-27(33)25(31)19-29(23)34/h16-19,21H,3-15,20H2,1-2H3. The molecule has 1 heterocycles. The molecule has 0 radical (unpaired) electrons. The van der Waals surface area contributed by atoms with E-state index in [1.54, 1.807) is 0 Å². The summed E-state index contributed by atoms with van der Waals surface area (Å²) in [5, 5.41) is 2.77. The summed E-state index contributed by atoms with van der Waals surface area (Å²) in [6.45, 7) is 5.74. The van der Waals surface area contributed by atoms with Gasteiger partial charge in [-0.3, -0.25) is 0 Å². The predicted molar refractivity (Wildman–Crippen MR) is 175 cm³/mol. The summed E-state index contributed by atoms with van der Waals surface area (Å²) in [5.74, 6) is 0.753. The van der Waals surface area contributed by atoms with E-state index in [-0.39, 0.29) is 0 Å². The van der Waals surface area contributed by atoms with Gasteiger partial charge < -0.3 is 4.57 Å². The van der Waals surface area contributed by atoms with E-state index in [1.165, 1.54) is 121 Å². The van der Waals surface area contributed by atoms with Crippen molar-refractivity contribution in [3.05, 3.63) is 40.4 Å². The largest absolute Gasteiger partial charge is 0.340 e. The molecule has 34 heavy (non-hydrogen) atoms. The van der Waals surface area contributed by atoms with Gasteiger partial charge in [0, 0.05) is 33.4 Å². The highest BCUT2D eigenvalue weighted by molar-refractivity contribution is 14.1.